The average Bonchev–Trinajstić information content (AvgIpc) is 2.79. The first-order valence-corrected chi connectivity index (χ1v) is 5.27. The first-order valence-electron chi connectivity index (χ1n) is 4.39. The molecule has 0 unspecified atom stereocenters. The van der Waals surface area contributed by atoms with Gasteiger partial charge >= 0.3 is 0 Å². The van der Waals surface area contributed by atoms with E-state index in [9.17, 15) is 0 Å². The molecule has 2 rings (SSSR count). The zero-order valence-corrected chi connectivity index (χ0v) is 8.79. The molecule has 14 heavy (non-hydrogen) atoms. The molecule has 0 aliphatic rings. The lowest BCUT2D eigenvalue weighted by Gasteiger charge is -2.06. The first kappa shape index (κ1) is 9.36. The quantitative estimate of drug-likeness (QED) is 0.823. The van der Waals surface area contributed by atoms with Crippen LogP contribution in [0.2, 0.25) is 0 Å². The van der Waals surface area contributed by atoms with Gasteiger partial charge in [0.25, 0.3) is 0 Å². The first-order chi connectivity index (χ1) is 6.81. The van der Waals surface area contributed by atoms with Crippen LogP contribution in [0.25, 0.3) is 0 Å². The van der Waals surface area contributed by atoms with Crippen molar-refractivity contribution in [2.75, 3.05) is 0 Å². The van der Waals surface area contributed by atoms with Gasteiger partial charge in [-0.1, -0.05) is 0 Å². The maximum Gasteiger partial charge on any atom is 0.106 e. The van der Waals surface area contributed by atoms with Crippen LogP contribution >= 0.6 is 11.3 Å². The predicted octanol–water partition coefficient (Wildman–Crippen LogP) is 1.16. The second-order valence-electron chi connectivity index (χ2n) is 3.05. The SMILES string of the molecule is Cc1ncc(CN)n1Cc1cncs1. The summed E-state index contributed by atoms with van der Waals surface area (Å²) < 4.78 is 2.12. The normalized spacial score (nSPS) is 10.7. The molecule has 0 atom stereocenters. The third kappa shape index (κ3) is 1.69. The van der Waals surface area contributed by atoms with E-state index in [1.54, 1.807) is 11.3 Å². The van der Waals surface area contributed by atoms with E-state index < -0.39 is 0 Å². The number of thiazole rings is 1. The monoisotopic (exact) mass is 208 g/mol. The number of rotatable bonds is 3. The fourth-order valence-corrected chi connectivity index (χ4v) is 1.95. The van der Waals surface area contributed by atoms with Crippen molar-refractivity contribution in [1.29, 1.82) is 0 Å². The average molecular weight is 208 g/mol. The fraction of sp³-hybridized carbons (Fsp3) is 0.333. The fourth-order valence-electron chi connectivity index (χ4n) is 1.37. The highest BCUT2D eigenvalue weighted by molar-refractivity contribution is 7.09. The number of aromatic nitrogens is 3. The molecule has 74 valence electrons. The van der Waals surface area contributed by atoms with Gasteiger partial charge in [-0.2, -0.15) is 0 Å². The van der Waals surface area contributed by atoms with Crippen LogP contribution in [0.1, 0.15) is 16.4 Å². The van der Waals surface area contributed by atoms with Crippen molar-refractivity contribution in [2.45, 2.75) is 20.0 Å². The third-order valence-corrected chi connectivity index (χ3v) is 2.91. The Morgan fingerprint density at radius 3 is 3.00 bits per heavy atom. The Hall–Kier alpha value is -1.20. The lowest BCUT2D eigenvalue weighted by Crippen LogP contribution is -2.08. The summed E-state index contributed by atoms with van der Waals surface area (Å²) in [6.45, 7) is 3.34. The van der Waals surface area contributed by atoms with E-state index in [1.165, 1.54) is 4.88 Å². The molecule has 2 N–H and O–H groups in total. The van der Waals surface area contributed by atoms with Gasteiger partial charge in [0.1, 0.15) is 5.82 Å². The van der Waals surface area contributed by atoms with Crippen molar-refractivity contribution in [3.05, 3.63) is 34.3 Å². The lowest BCUT2D eigenvalue weighted by atomic mass is 10.4. The number of imidazole rings is 1. The van der Waals surface area contributed by atoms with Crippen molar-refractivity contribution in [1.82, 2.24) is 14.5 Å². The molecule has 2 aromatic heterocycles. The van der Waals surface area contributed by atoms with Crippen LogP contribution in [0.5, 0.6) is 0 Å². The van der Waals surface area contributed by atoms with Gasteiger partial charge in [-0.05, 0) is 6.92 Å². The van der Waals surface area contributed by atoms with E-state index >= 15 is 0 Å². The Kier molecular flexibility index (Phi) is 2.60. The van der Waals surface area contributed by atoms with E-state index in [0.717, 1.165) is 18.1 Å². The number of nitrogens with zero attached hydrogens (tertiary/aromatic N) is 3. The molecule has 5 heteroatoms. The number of nitrogens with two attached hydrogens (primary N) is 1. The molecule has 0 aromatic carbocycles. The molecule has 0 fully saturated rings. The van der Waals surface area contributed by atoms with Gasteiger partial charge in [-0.15, -0.1) is 11.3 Å². The minimum atomic E-state index is 0.527. The van der Waals surface area contributed by atoms with Crippen LogP contribution in [0.3, 0.4) is 0 Å². The molecule has 0 saturated heterocycles. The summed E-state index contributed by atoms with van der Waals surface area (Å²) in [6.07, 6.45) is 3.71. The molecule has 0 radical (unpaired) electrons. The summed E-state index contributed by atoms with van der Waals surface area (Å²) >= 11 is 1.65. The van der Waals surface area contributed by atoms with Crippen molar-refractivity contribution < 1.29 is 0 Å². The van der Waals surface area contributed by atoms with Crippen LogP contribution in [0.15, 0.2) is 17.9 Å². The van der Waals surface area contributed by atoms with Gasteiger partial charge in [-0.3, -0.25) is 4.98 Å². The summed E-state index contributed by atoms with van der Waals surface area (Å²) in [4.78, 5) is 9.50. The standard InChI is InChI=1S/C9H12N4S/c1-7-12-3-8(2-10)13(7)5-9-4-11-6-14-9/h3-4,6H,2,5,10H2,1H3. The minimum absolute atomic E-state index is 0.527. The molecule has 4 nitrogen and oxygen atoms in total. The highest BCUT2D eigenvalue weighted by atomic mass is 32.1. The van der Waals surface area contributed by atoms with Crippen LogP contribution in [0.4, 0.5) is 0 Å². The lowest BCUT2D eigenvalue weighted by molar-refractivity contribution is 0.720. The Bertz CT molecular complexity index is 404. The van der Waals surface area contributed by atoms with Gasteiger partial charge in [0.15, 0.2) is 0 Å². The Balaban J connectivity index is 2.27. The number of hydrogen-bond donors (Lipinski definition) is 1. The summed E-state index contributed by atoms with van der Waals surface area (Å²) in [5.41, 5.74) is 8.52. The van der Waals surface area contributed by atoms with E-state index in [2.05, 4.69) is 14.5 Å². The van der Waals surface area contributed by atoms with Gasteiger partial charge in [0, 0.05) is 23.8 Å². The molecule has 0 aliphatic heterocycles. The minimum Gasteiger partial charge on any atom is -0.326 e. The molecule has 0 bridgehead atoms. The molecule has 2 aromatic rings. The summed E-state index contributed by atoms with van der Waals surface area (Å²) in [7, 11) is 0. The maximum absolute atomic E-state index is 5.62. The summed E-state index contributed by atoms with van der Waals surface area (Å²) in [5.74, 6) is 0.999. The van der Waals surface area contributed by atoms with Crippen molar-refractivity contribution in [3.63, 3.8) is 0 Å². The molecule has 2 heterocycles. The van der Waals surface area contributed by atoms with E-state index in [1.807, 2.05) is 24.8 Å². The van der Waals surface area contributed by atoms with Crippen LogP contribution in [0, 0.1) is 6.92 Å². The number of aryl methyl sites for hydroxylation is 1. The third-order valence-electron chi connectivity index (χ3n) is 2.14. The van der Waals surface area contributed by atoms with E-state index in [4.69, 9.17) is 5.73 Å². The highest BCUT2D eigenvalue weighted by Gasteiger charge is 2.05. The Labute approximate surface area is 86.4 Å². The Morgan fingerprint density at radius 1 is 1.50 bits per heavy atom. The van der Waals surface area contributed by atoms with Crippen LogP contribution < -0.4 is 5.73 Å². The molecule has 0 saturated carbocycles. The summed E-state index contributed by atoms with van der Waals surface area (Å²) in [6, 6.07) is 0. The molecular formula is C9H12N4S. The molecule has 0 amide bonds. The predicted molar refractivity (Wildman–Crippen MR) is 56.1 cm³/mol. The van der Waals surface area contributed by atoms with Gasteiger partial charge in [0.05, 0.1) is 17.7 Å². The van der Waals surface area contributed by atoms with Crippen LogP contribution in [-0.4, -0.2) is 14.5 Å². The van der Waals surface area contributed by atoms with Crippen molar-refractivity contribution in [2.24, 2.45) is 5.73 Å². The van der Waals surface area contributed by atoms with Crippen LogP contribution in [-0.2, 0) is 13.1 Å². The Morgan fingerprint density at radius 2 is 2.36 bits per heavy atom. The largest absolute Gasteiger partial charge is 0.326 e. The van der Waals surface area contributed by atoms with E-state index in [-0.39, 0.29) is 0 Å². The number of hydrogen-bond acceptors (Lipinski definition) is 4. The van der Waals surface area contributed by atoms with Gasteiger partial charge in [0.2, 0.25) is 0 Å². The second kappa shape index (κ2) is 3.89. The molecular weight excluding hydrogens is 196 g/mol. The second-order valence-corrected chi connectivity index (χ2v) is 4.03. The van der Waals surface area contributed by atoms with Crippen molar-refractivity contribution in [3.8, 4) is 0 Å². The zero-order valence-electron chi connectivity index (χ0n) is 7.97. The topological polar surface area (TPSA) is 56.7 Å². The van der Waals surface area contributed by atoms with E-state index in [0.29, 0.717) is 6.54 Å². The smallest absolute Gasteiger partial charge is 0.106 e. The highest BCUT2D eigenvalue weighted by Crippen LogP contribution is 2.12. The maximum atomic E-state index is 5.62. The molecule has 0 spiro atoms. The van der Waals surface area contributed by atoms with Gasteiger partial charge < -0.3 is 10.3 Å². The zero-order chi connectivity index (χ0) is 9.97. The van der Waals surface area contributed by atoms with Gasteiger partial charge in [-0.25, -0.2) is 4.98 Å². The molecule has 0 aliphatic carbocycles. The van der Waals surface area contributed by atoms with Crippen molar-refractivity contribution >= 4 is 11.3 Å². The summed E-state index contributed by atoms with van der Waals surface area (Å²) in [5, 5.41) is 0.